The summed E-state index contributed by atoms with van der Waals surface area (Å²) in [5.74, 6) is 2.03. The zero-order valence-electron chi connectivity index (χ0n) is 14.0. The third kappa shape index (κ3) is 2.24. The van der Waals surface area contributed by atoms with Crippen molar-refractivity contribution in [2.75, 3.05) is 12.4 Å². The summed E-state index contributed by atoms with van der Waals surface area (Å²) in [4.78, 5) is 0. The number of nitrogens with one attached hydrogen (secondary N) is 1. The summed E-state index contributed by atoms with van der Waals surface area (Å²) in [6.45, 7) is 4.39. The zero-order valence-corrected chi connectivity index (χ0v) is 14.0. The summed E-state index contributed by atoms with van der Waals surface area (Å²) < 4.78 is 5.62. The van der Waals surface area contributed by atoms with E-state index in [4.69, 9.17) is 4.74 Å². The molecule has 0 bridgehead atoms. The normalized spacial score (nSPS) is 24.7. The van der Waals surface area contributed by atoms with Crippen LogP contribution in [0, 0.1) is 19.8 Å². The standard InChI is InChI=1S/C21H23NO/c1-13-11-14(2)20-18(12-13)15-8-6-9-16(15)21(22-20)17-7-4-5-10-19(17)23-3/h4-8,10-12,15-16,21-22H,9H2,1-3H3. The topological polar surface area (TPSA) is 21.3 Å². The number of fused-ring (bicyclic) bond motifs is 3. The number of hydrogen-bond donors (Lipinski definition) is 1. The second kappa shape index (κ2) is 5.45. The highest BCUT2D eigenvalue weighted by Gasteiger charge is 2.39. The van der Waals surface area contributed by atoms with Crippen LogP contribution in [0.3, 0.4) is 0 Å². The summed E-state index contributed by atoms with van der Waals surface area (Å²) in [6.07, 6.45) is 5.85. The van der Waals surface area contributed by atoms with Crippen LogP contribution in [0.15, 0.2) is 48.6 Å². The van der Waals surface area contributed by atoms with Crippen LogP contribution in [-0.4, -0.2) is 7.11 Å². The number of methoxy groups -OCH3 is 1. The Morgan fingerprint density at radius 3 is 2.74 bits per heavy atom. The smallest absolute Gasteiger partial charge is 0.124 e. The molecule has 2 aliphatic rings. The molecule has 2 nitrogen and oxygen atoms in total. The molecule has 2 heteroatoms. The Kier molecular flexibility index (Phi) is 3.41. The predicted octanol–water partition coefficient (Wildman–Crippen LogP) is 5.14. The first-order valence-electron chi connectivity index (χ1n) is 8.36. The lowest BCUT2D eigenvalue weighted by Gasteiger charge is -2.39. The van der Waals surface area contributed by atoms with E-state index in [1.165, 1.54) is 27.9 Å². The van der Waals surface area contributed by atoms with Gasteiger partial charge in [-0.15, -0.1) is 0 Å². The fraction of sp³-hybridized carbons (Fsp3) is 0.333. The van der Waals surface area contributed by atoms with E-state index in [0.717, 1.165) is 12.2 Å². The lowest BCUT2D eigenvalue weighted by Crippen LogP contribution is -2.30. The molecule has 2 aromatic carbocycles. The van der Waals surface area contributed by atoms with Crippen molar-refractivity contribution >= 4 is 5.69 Å². The molecule has 118 valence electrons. The van der Waals surface area contributed by atoms with Gasteiger partial charge in [-0.25, -0.2) is 0 Å². The van der Waals surface area contributed by atoms with Crippen LogP contribution in [0.2, 0.25) is 0 Å². The minimum atomic E-state index is 0.292. The highest BCUT2D eigenvalue weighted by Crippen LogP contribution is 2.52. The van der Waals surface area contributed by atoms with Gasteiger partial charge in [0.05, 0.1) is 13.2 Å². The summed E-state index contributed by atoms with van der Waals surface area (Å²) >= 11 is 0. The molecule has 2 aromatic rings. The summed E-state index contributed by atoms with van der Waals surface area (Å²) in [5, 5.41) is 3.83. The highest BCUT2D eigenvalue weighted by atomic mass is 16.5. The Morgan fingerprint density at radius 2 is 1.91 bits per heavy atom. The van der Waals surface area contributed by atoms with Crippen molar-refractivity contribution in [3.05, 3.63) is 70.8 Å². The number of benzene rings is 2. The van der Waals surface area contributed by atoms with Crippen molar-refractivity contribution in [1.29, 1.82) is 0 Å². The lowest BCUT2D eigenvalue weighted by molar-refractivity contribution is 0.381. The predicted molar refractivity (Wildman–Crippen MR) is 95.3 cm³/mol. The van der Waals surface area contributed by atoms with Crippen molar-refractivity contribution in [1.82, 2.24) is 0 Å². The van der Waals surface area contributed by atoms with Crippen LogP contribution in [0.4, 0.5) is 5.69 Å². The van der Waals surface area contributed by atoms with Gasteiger partial charge in [0.2, 0.25) is 0 Å². The maximum atomic E-state index is 5.62. The molecule has 0 amide bonds. The number of para-hydroxylation sites is 1. The molecule has 23 heavy (non-hydrogen) atoms. The highest BCUT2D eigenvalue weighted by molar-refractivity contribution is 5.65. The molecule has 0 aromatic heterocycles. The molecule has 3 atom stereocenters. The molecular formula is C21H23NO. The lowest BCUT2D eigenvalue weighted by atomic mass is 9.76. The molecule has 0 spiro atoms. The van der Waals surface area contributed by atoms with Crippen molar-refractivity contribution in [3.8, 4) is 5.75 Å². The quantitative estimate of drug-likeness (QED) is 0.776. The van der Waals surface area contributed by atoms with Gasteiger partial charge in [-0.05, 0) is 43.4 Å². The first kappa shape index (κ1) is 14.4. The Hall–Kier alpha value is -2.22. The number of anilines is 1. The van der Waals surface area contributed by atoms with Crippen LogP contribution in [0.25, 0.3) is 0 Å². The molecule has 0 radical (unpaired) electrons. The first-order chi connectivity index (χ1) is 11.2. The molecule has 4 rings (SSSR count). The van der Waals surface area contributed by atoms with Gasteiger partial charge in [0.1, 0.15) is 5.75 Å². The molecule has 1 aliphatic heterocycles. The molecule has 0 saturated carbocycles. The van der Waals surface area contributed by atoms with Crippen molar-refractivity contribution in [2.45, 2.75) is 32.2 Å². The second-order valence-electron chi connectivity index (χ2n) is 6.76. The van der Waals surface area contributed by atoms with Gasteiger partial charge < -0.3 is 10.1 Å². The van der Waals surface area contributed by atoms with Crippen LogP contribution in [0.5, 0.6) is 5.75 Å². The average Bonchev–Trinajstić information content (AvgIpc) is 3.04. The molecule has 0 saturated heterocycles. The van der Waals surface area contributed by atoms with E-state index in [0.29, 0.717) is 17.9 Å². The zero-order chi connectivity index (χ0) is 16.0. The fourth-order valence-corrected chi connectivity index (χ4v) is 4.30. The number of rotatable bonds is 2. The van der Waals surface area contributed by atoms with Crippen LogP contribution >= 0.6 is 0 Å². The largest absolute Gasteiger partial charge is 0.496 e. The van der Waals surface area contributed by atoms with E-state index >= 15 is 0 Å². The maximum Gasteiger partial charge on any atom is 0.124 e. The summed E-state index contributed by atoms with van der Waals surface area (Å²) in [7, 11) is 1.76. The molecule has 3 unspecified atom stereocenters. The monoisotopic (exact) mass is 305 g/mol. The second-order valence-corrected chi connectivity index (χ2v) is 6.76. The van der Waals surface area contributed by atoms with E-state index < -0.39 is 0 Å². The van der Waals surface area contributed by atoms with Gasteiger partial charge in [-0.3, -0.25) is 0 Å². The van der Waals surface area contributed by atoms with Crippen LogP contribution in [-0.2, 0) is 0 Å². The van der Waals surface area contributed by atoms with E-state index in [2.05, 4.69) is 61.6 Å². The van der Waals surface area contributed by atoms with Crippen molar-refractivity contribution in [3.63, 3.8) is 0 Å². The van der Waals surface area contributed by atoms with Gasteiger partial charge in [-0.2, -0.15) is 0 Å². The molecule has 1 heterocycles. The first-order valence-corrected chi connectivity index (χ1v) is 8.36. The fourth-order valence-electron chi connectivity index (χ4n) is 4.30. The minimum Gasteiger partial charge on any atom is -0.496 e. The van der Waals surface area contributed by atoms with Crippen LogP contribution in [0.1, 0.15) is 40.6 Å². The number of aryl methyl sites for hydroxylation is 2. The third-order valence-electron chi connectivity index (χ3n) is 5.28. The average molecular weight is 305 g/mol. The van der Waals surface area contributed by atoms with Gasteiger partial charge in [0.15, 0.2) is 0 Å². The Balaban J connectivity index is 1.85. The molecule has 0 fully saturated rings. The minimum absolute atomic E-state index is 0.292. The number of ether oxygens (including phenoxy) is 1. The van der Waals surface area contributed by atoms with E-state index in [9.17, 15) is 0 Å². The summed E-state index contributed by atoms with van der Waals surface area (Å²) in [6, 6.07) is 13.3. The van der Waals surface area contributed by atoms with Crippen LogP contribution < -0.4 is 10.1 Å². The Labute approximate surface area is 138 Å². The van der Waals surface area contributed by atoms with Gasteiger partial charge in [-0.1, -0.05) is 48.0 Å². The van der Waals surface area contributed by atoms with E-state index in [1.54, 1.807) is 7.11 Å². The van der Waals surface area contributed by atoms with Crippen molar-refractivity contribution in [2.24, 2.45) is 5.92 Å². The van der Waals surface area contributed by atoms with Crippen molar-refractivity contribution < 1.29 is 4.74 Å². The Morgan fingerprint density at radius 1 is 1.09 bits per heavy atom. The number of hydrogen-bond acceptors (Lipinski definition) is 2. The molecule has 1 aliphatic carbocycles. The van der Waals surface area contributed by atoms with Gasteiger partial charge >= 0.3 is 0 Å². The third-order valence-corrected chi connectivity index (χ3v) is 5.28. The van der Waals surface area contributed by atoms with Gasteiger partial charge in [0, 0.05) is 17.2 Å². The maximum absolute atomic E-state index is 5.62. The summed E-state index contributed by atoms with van der Waals surface area (Å²) in [5.41, 5.74) is 6.70. The van der Waals surface area contributed by atoms with E-state index in [1.807, 2.05) is 6.07 Å². The Bertz CT molecular complexity index is 777. The van der Waals surface area contributed by atoms with Gasteiger partial charge in [0.25, 0.3) is 0 Å². The van der Waals surface area contributed by atoms with E-state index in [-0.39, 0.29) is 0 Å². The number of allylic oxidation sites excluding steroid dienone is 2. The SMILES string of the molecule is COc1ccccc1C1Nc2c(C)cc(C)cc2C2C=CCC21. The molecular weight excluding hydrogens is 282 g/mol. The molecule has 1 N–H and O–H groups in total.